The molecular weight excluding hydrogens is 561 g/mol. The molecule has 10 nitrogen and oxygen atoms in total. The molecule has 2 aromatic heterocycles. The molecule has 236 valence electrons. The third-order valence-electron chi connectivity index (χ3n) is 7.88. The minimum absolute atomic E-state index is 0.0638. The normalized spacial score (nSPS) is 17.7. The summed E-state index contributed by atoms with van der Waals surface area (Å²) < 4.78 is 30.3. The lowest BCUT2D eigenvalue weighted by Crippen LogP contribution is -2.22. The average molecular weight is 616 g/mol. The molecule has 0 saturated carbocycles. The highest BCUT2D eigenvalue weighted by atomic mass is 32.3. The van der Waals surface area contributed by atoms with E-state index in [1.54, 1.807) is 29.3 Å². The van der Waals surface area contributed by atoms with Crippen molar-refractivity contribution in [1.29, 1.82) is 0 Å². The Hall–Kier alpha value is -1.23. The molecule has 1 aliphatic heterocycles. The summed E-state index contributed by atoms with van der Waals surface area (Å²) in [6.07, 6.45) is 22.3. The summed E-state index contributed by atoms with van der Waals surface area (Å²) in [4.78, 5) is 22.4. The molecule has 1 aliphatic rings. The monoisotopic (exact) mass is 615 g/mol. The summed E-state index contributed by atoms with van der Waals surface area (Å²) in [5.41, 5.74) is 6.92. The number of anilines is 1. The van der Waals surface area contributed by atoms with Crippen LogP contribution in [0.1, 0.15) is 90.4 Å². The number of aromatic nitrogens is 4. The van der Waals surface area contributed by atoms with Crippen LogP contribution >= 0.6 is 17.6 Å². The Morgan fingerprint density at radius 2 is 1.59 bits per heavy atom. The molecule has 0 amide bonds. The standard InChI is InChI=1S/C29H54N5O5PS/c1-26(22-34-24-33-27-28(30)31-23-32-29(27)34)38-25-40(35,36)39-18-17-37-16-13-11-9-7-5-3-4-6-8-10-12-14-19-41(2)20-15-21-41/h23-24,26H,3-22,25H2,1-2H3,(H,35,36)(H2,30,31,32)/t26-/m1/s1. The molecule has 0 spiro atoms. The summed E-state index contributed by atoms with van der Waals surface area (Å²) in [5, 5.41) is 0. The second-order valence-electron chi connectivity index (χ2n) is 11.7. The molecule has 3 rings (SSSR count). The highest BCUT2D eigenvalue weighted by Crippen LogP contribution is 2.53. The Kier molecular flexibility index (Phi) is 15.4. The van der Waals surface area contributed by atoms with E-state index in [2.05, 4.69) is 21.2 Å². The third kappa shape index (κ3) is 13.3. The molecule has 2 atom stereocenters. The van der Waals surface area contributed by atoms with Gasteiger partial charge >= 0.3 is 7.60 Å². The van der Waals surface area contributed by atoms with Crippen LogP contribution in [-0.4, -0.2) is 80.2 Å². The van der Waals surface area contributed by atoms with Crippen molar-refractivity contribution in [2.75, 3.05) is 55.4 Å². The van der Waals surface area contributed by atoms with Gasteiger partial charge in [0.2, 0.25) is 0 Å². The predicted octanol–water partition coefficient (Wildman–Crippen LogP) is 6.51. The lowest BCUT2D eigenvalue weighted by molar-refractivity contribution is 0.0610. The van der Waals surface area contributed by atoms with Gasteiger partial charge in [0.15, 0.2) is 11.5 Å². The van der Waals surface area contributed by atoms with Crippen molar-refractivity contribution in [3.63, 3.8) is 0 Å². The first-order valence-corrected chi connectivity index (χ1v) is 19.9. The highest BCUT2D eigenvalue weighted by molar-refractivity contribution is 8.34. The van der Waals surface area contributed by atoms with E-state index in [4.69, 9.17) is 19.7 Å². The number of imidazole rings is 1. The maximum absolute atomic E-state index is 12.3. The van der Waals surface area contributed by atoms with Gasteiger partial charge in [-0.25, -0.2) is 25.0 Å². The van der Waals surface area contributed by atoms with Gasteiger partial charge in [-0.15, -0.1) is 0 Å². The summed E-state index contributed by atoms with van der Waals surface area (Å²) >= 11 is 0. The van der Waals surface area contributed by atoms with E-state index in [-0.39, 0.29) is 22.7 Å². The maximum atomic E-state index is 12.3. The molecule has 2 aromatic rings. The van der Waals surface area contributed by atoms with Crippen LogP contribution < -0.4 is 5.73 Å². The van der Waals surface area contributed by atoms with E-state index >= 15 is 0 Å². The van der Waals surface area contributed by atoms with E-state index in [0.29, 0.717) is 36.7 Å². The van der Waals surface area contributed by atoms with Crippen molar-refractivity contribution in [3.05, 3.63) is 12.7 Å². The fourth-order valence-corrected chi connectivity index (χ4v) is 8.69. The summed E-state index contributed by atoms with van der Waals surface area (Å²) in [7, 11) is -3.98. The zero-order valence-electron chi connectivity index (χ0n) is 25.4. The van der Waals surface area contributed by atoms with Crippen LogP contribution in [-0.2, 0) is 25.1 Å². The van der Waals surface area contributed by atoms with Crippen molar-refractivity contribution >= 4 is 34.6 Å². The van der Waals surface area contributed by atoms with Gasteiger partial charge in [0.25, 0.3) is 0 Å². The van der Waals surface area contributed by atoms with Crippen molar-refractivity contribution in [1.82, 2.24) is 19.5 Å². The average Bonchev–Trinajstić information content (AvgIpc) is 3.34. The molecule has 0 aromatic carbocycles. The Balaban J connectivity index is 1.07. The number of rotatable bonds is 24. The van der Waals surface area contributed by atoms with Crippen LogP contribution in [0.3, 0.4) is 0 Å². The molecule has 0 bridgehead atoms. The highest BCUT2D eigenvalue weighted by Gasteiger charge is 2.25. The minimum atomic E-state index is -3.86. The van der Waals surface area contributed by atoms with Crippen molar-refractivity contribution in [2.24, 2.45) is 0 Å². The number of hydrogen-bond acceptors (Lipinski definition) is 8. The van der Waals surface area contributed by atoms with Gasteiger partial charge in [0.05, 0.1) is 32.2 Å². The fraction of sp³-hybridized carbons (Fsp3) is 0.828. The van der Waals surface area contributed by atoms with Gasteiger partial charge in [0, 0.05) is 6.61 Å². The van der Waals surface area contributed by atoms with Crippen LogP contribution in [0.25, 0.3) is 11.2 Å². The van der Waals surface area contributed by atoms with Crippen molar-refractivity contribution < 1.29 is 23.5 Å². The first-order valence-electron chi connectivity index (χ1n) is 15.6. The van der Waals surface area contributed by atoms with Crippen LogP contribution in [0.15, 0.2) is 12.7 Å². The number of fused-ring (bicyclic) bond motifs is 1. The number of nitrogens with two attached hydrogens (primary N) is 1. The summed E-state index contributed by atoms with van der Waals surface area (Å²) in [6.45, 7) is 3.22. The zero-order valence-corrected chi connectivity index (χ0v) is 27.1. The van der Waals surface area contributed by atoms with Crippen molar-refractivity contribution in [2.45, 2.75) is 103 Å². The van der Waals surface area contributed by atoms with Gasteiger partial charge in [0.1, 0.15) is 18.2 Å². The molecular formula is C29H54N5O5PS. The predicted molar refractivity (Wildman–Crippen MR) is 170 cm³/mol. The van der Waals surface area contributed by atoms with E-state index in [1.165, 1.54) is 82.7 Å². The molecule has 0 aliphatic carbocycles. The minimum Gasteiger partial charge on any atom is -0.382 e. The molecule has 3 heterocycles. The fourth-order valence-electron chi connectivity index (χ4n) is 5.23. The molecule has 1 unspecified atom stereocenters. The smallest absolute Gasteiger partial charge is 0.353 e. The number of nitrogen functional groups attached to an aromatic ring is 1. The van der Waals surface area contributed by atoms with Gasteiger partial charge in [-0.2, -0.15) is 0 Å². The maximum Gasteiger partial charge on any atom is 0.353 e. The lowest BCUT2D eigenvalue weighted by Gasteiger charge is -2.44. The van der Waals surface area contributed by atoms with Crippen molar-refractivity contribution in [3.8, 4) is 0 Å². The summed E-state index contributed by atoms with van der Waals surface area (Å²) in [5.74, 6) is 4.93. The largest absolute Gasteiger partial charge is 0.382 e. The second-order valence-corrected chi connectivity index (χ2v) is 17.7. The van der Waals surface area contributed by atoms with Gasteiger partial charge < -0.3 is 29.2 Å². The number of hydrogen-bond donors (Lipinski definition) is 2. The van der Waals surface area contributed by atoms with Gasteiger partial charge in [-0.05, 0) is 49.7 Å². The molecule has 3 N–H and O–H groups in total. The third-order valence-corrected chi connectivity index (χ3v) is 12.8. The zero-order chi connectivity index (χ0) is 29.4. The number of nitrogens with zero attached hydrogens (tertiary/aromatic N) is 4. The molecule has 0 radical (unpaired) electrons. The Morgan fingerprint density at radius 3 is 2.22 bits per heavy atom. The van der Waals surface area contributed by atoms with Crippen LogP contribution in [0.2, 0.25) is 0 Å². The lowest BCUT2D eigenvalue weighted by atomic mass is 10.1. The van der Waals surface area contributed by atoms with E-state index < -0.39 is 13.9 Å². The second kappa shape index (κ2) is 18.4. The molecule has 1 saturated heterocycles. The Bertz CT molecular complexity index is 1050. The van der Waals surface area contributed by atoms with Crippen LogP contribution in [0.4, 0.5) is 5.82 Å². The molecule has 12 heteroatoms. The number of unbranched alkanes of at least 4 members (excludes halogenated alkanes) is 11. The van der Waals surface area contributed by atoms with E-state index in [0.717, 1.165) is 12.8 Å². The topological polar surface area (TPSA) is 135 Å². The summed E-state index contributed by atoms with van der Waals surface area (Å²) in [6, 6.07) is 0. The van der Waals surface area contributed by atoms with Crippen LogP contribution in [0, 0.1) is 0 Å². The van der Waals surface area contributed by atoms with Gasteiger partial charge in [-0.3, -0.25) is 4.57 Å². The Morgan fingerprint density at radius 1 is 0.951 bits per heavy atom. The van der Waals surface area contributed by atoms with E-state index in [9.17, 15) is 9.46 Å². The van der Waals surface area contributed by atoms with Crippen LogP contribution in [0.5, 0.6) is 0 Å². The molecule has 41 heavy (non-hydrogen) atoms. The molecule has 1 fully saturated rings. The first kappa shape index (κ1) is 34.3. The Labute approximate surface area is 248 Å². The van der Waals surface area contributed by atoms with E-state index in [1.807, 2.05) is 0 Å². The first-order chi connectivity index (χ1) is 19.8. The SMILES string of the molecule is C[C@H](Cn1cnc2c(N)ncnc21)OCP(=O)(O)OCCOCCCCCCCCCCCCCCS1(C)CCC1. The van der Waals surface area contributed by atoms with Gasteiger partial charge in [-0.1, -0.05) is 64.2 Å². The quantitative estimate of drug-likeness (QED) is 0.100. The number of ether oxygens (including phenoxy) is 2.